The molecule has 3 heterocycles. The number of hydrogen-bond acceptors (Lipinski definition) is 3. The molecule has 2 nitrogen and oxygen atoms in total. The fourth-order valence-electron chi connectivity index (χ4n) is 14.4. The van der Waals surface area contributed by atoms with Crippen molar-refractivity contribution in [3.8, 4) is 39.1 Å². The third-order valence-corrected chi connectivity index (χ3v) is 19.6. The van der Waals surface area contributed by atoms with Gasteiger partial charge in [-0.25, -0.2) is 0 Å². The van der Waals surface area contributed by atoms with E-state index >= 15 is 0 Å². The predicted molar refractivity (Wildman–Crippen MR) is 324 cm³/mol. The summed E-state index contributed by atoms with van der Waals surface area (Å²) >= 11 is 3.78. The first-order chi connectivity index (χ1) is 38.7. The normalized spacial score (nSPS) is 14.3. The van der Waals surface area contributed by atoms with Crippen molar-refractivity contribution in [3.05, 3.63) is 324 Å². The maximum atomic E-state index is 2.61. The van der Waals surface area contributed by atoms with Crippen LogP contribution in [-0.2, 0) is 10.8 Å². The summed E-state index contributed by atoms with van der Waals surface area (Å²) in [6.45, 7) is 0. The molecule has 1 aromatic heterocycles. The number of anilines is 3. The van der Waals surface area contributed by atoms with Crippen LogP contribution in [0.2, 0.25) is 0 Å². The fourth-order valence-corrected chi connectivity index (χ4v) is 16.7. The molecule has 12 aromatic carbocycles. The van der Waals surface area contributed by atoms with Crippen LogP contribution in [0.15, 0.2) is 299 Å². The van der Waals surface area contributed by atoms with Crippen molar-refractivity contribution in [1.29, 1.82) is 0 Å². The van der Waals surface area contributed by atoms with E-state index in [0.717, 1.165) is 22.7 Å². The number of aromatic nitrogens is 1. The monoisotopic (exact) mass is 1030 g/mol. The Kier molecular flexibility index (Phi) is 9.45. The Balaban J connectivity index is 0.928. The fraction of sp³-hybridized carbons (Fsp3) is 0.0270. The second kappa shape index (κ2) is 16.7. The van der Waals surface area contributed by atoms with E-state index in [0.29, 0.717) is 0 Å². The zero-order chi connectivity index (χ0) is 51.1. The highest BCUT2D eigenvalue weighted by Crippen LogP contribution is 2.67. The van der Waals surface area contributed by atoms with Gasteiger partial charge >= 0.3 is 0 Å². The molecular weight excluding hydrogens is 981 g/mol. The first-order valence-electron chi connectivity index (χ1n) is 26.9. The Bertz CT molecular complexity index is 4360. The lowest BCUT2D eigenvalue weighted by molar-refractivity contribution is 0.722. The second-order valence-corrected chi connectivity index (χ2v) is 23.1. The van der Waals surface area contributed by atoms with Crippen LogP contribution in [-0.4, -0.2) is 4.57 Å². The second-order valence-electron chi connectivity index (χ2n) is 21.0. The first-order valence-corrected chi connectivity index (χ1v) is 28.5. The quantitative estimate of drug-likeness (QED) is 0.170. The van der Waals surface area contributed by atoms with E-state index in [1.165, 1.54) is 119 Å². The van der Waals surface area contributed by atoms with Gasteiger partial charge in [-0.05, 0) is 146 Å². The average Bonchev–Trinajstić information content (AvgIpc) is 4.03. The minimum Gasteiger partial charge on any atom is -0.309 e. The molecule has 0 unspecified atom stereocenters. The summed E-state index contributed by atoms with van der Waals surface area (Å²) in [6.07, 6.45) is 0. The van der Waals surface area contributed by atoms with Gasteiger partial charge < -0.3 is 9.47 Å². The van der Waals surface area contributed by atoms with Gasteiger partial charge in [0.05, 0.1) is 33.2 Å². The van der Waals surface area contributed by atoms with Crippen molar-refractivity contribution < 1.29 is 0 Å². The van der Waals surface area contributed by atoms with Crippen LogP contribution in [0.4, 0.5) is 17.1 Å². The molecule has 0 bridgehead atoms. The summed E-state index contributed by atoms with van der Waals surface area (Å²) in [5, 5.41) is 2.49. The number of fused-ring (bicyclic) bond motifs is 21. The molecule has 2 aliphatic carbocycles. The largest absolute Gasteiger partial charge is 0.309 e. The highest BCUT2D eigenvalue weighted by Gasteiger charge is 2.53. The van der Waals surface area contributed by atoms with Crippen molar-refractivity contribution in [3.63, 3.8) is 0 Å². The molecule has 0 fully saturated rings. The topological polar surface area (TPSA) is 8.17 Å². The van der Waals surface area contributed by atoms with E-state index in [1.807, 2.05) is 23.5 Å². The molecule has 0 amide bonds. The maximum absolute atomic E-state index is 2.61. The van der Waals surface area contributed by atoms with E-state index in [-0.39, 0.29) is 0 Å². The number of hydrogen-bond donors (Lipinski definition) is 0. The molecule has 13 aromatic rings. The predicted octanol–water partition coefficient (Wildman–Crippen LogP) is 19.6. The zero-order valence-corrected chi connectivity index (χ0v) is 43.9. The summed E-state index contributed by atoms with van der Waals surface area (Å²) in [7, 11) is 0. The molecule has 4 aliphatic rings. The SMILES string of the molecule is c1ccc(-n2c3ccccc3c3cc(-c4ccc(N(c5cccc6c5-c5ccccc5C65c6ccccc6Sc6ccccc65)c5cccc6c5-c5ccccc5C65c6ccccc6Sc6ccccc65)cc4)ccc32)cc1. The number of nitrogens with zero attached hydrogens (tertiary/aromatic N) is 2. The first kappa shape index (κ1) is 44.1. The molecule has 0 N–H and O–H groups in total. The van der Waals surface area contributed by atoms with Crippen LogP contribution in [0.5, 0.6) is 0 Å². The Morgan fingerprint density at radius 1 is 0.295 bits per heavy atom. The Morgan fingerprint density at radius 2 is 0.705 bits per heavy atom. The van der Waals surface area contributed by atoms with E-state index in [2.05, 4.69) is 289 Å². The van der Waals surface area contributed by atoms with Crippen molar-refractivity contribution in [1.82, 2.24) is 4.57 Å². The van der Waals surface area contributed by atoms with Gasteiger partial charge in [0.25, 0.3) is 0 Å². The summed E-state index contributed by atoms with van der Waals surface area (Å²) in [5.74, 6) is 0. The van der Waals surface area contributed by atoms with Gasteiger partial charge in [0.1, 0.15) is 0 Å². The molecule has 4 heteroatoms. The van der Waals surface area contributed by atoms with Gasteiger partial charge in [-0.15, -0.1) is 0 Å². The lowest BCUT2D eigenvalue weighted by Gasteiger charge is -2.40. The van der Waals surface area contributed by atoms with Crippen LogP contribution in [0.25, 0.3) is 60.9 Å². The van der Waals surface area contributed by atoms with Crippen molar-refractivity contribution in [2.45, 2.75) is 30.4 Å². The van der Waals surface area contributed by atoms with Crippen LogP contribution < -0.4 is 4.90 Å². The van der Waals surface area contributed by atoms with Gasteiger partial charge in [-0.3, -0.25) is 0 Å². The third kappa shape index (κ3) is 5.86. The van der Waals surface area contributed by atoms with Gasteiger partial charge in [0.15, 0.2) is 0 Å². The molecule has 0 saturated heterocycles. The van der Waals surface area contributed by atoms with E-state index in [9.17, 15) is 0 Å². The zero-order valence-electron chi connectivity index (χ0n) is 42.3. The molecule has 0 atom stereocenters. The minimum atomic E-state index is -0.527. The maximum Gasteiger partial charge on any atom is 0.0736 e. The van der Waals surface area contributed by atoms with Crippen LogP contribution in [0, 0.1) is 0 Å². The Hall–Kier alpha value is -9.06. The highest BCUT2D eigenvalue weighted by atomic mass is 32.2. The summed E-state index contributed by atoms with van der Waals surface area (Å²) < 4.78 is 2.39. The minimum absolute atomic E-state index is 0.527. The molecule has 2 aliphatic heterocycles. The highest BCUT2D eigenvalue weighted by molar-refractivity contribution is 7.99. The molecular formula is C74H46N2S2. The van der Waals surface area contributed by atoms with Crippen LogP contribution in [0.3, 0.4) is 0 Å². The Labute approximate surface area is 461 Å². The lowest BCUT2D eigenvalue weighted by Crippen LogP contribution is -2.32. The lowest BCUT2D eigenvalue weighted by atomic mass is 9.67. The molecule has 2 spiro atoms. The average molecular weight is 1030 g/mol. The number of para-hydroxylation sites is 2. The van der Waals surface area contributed by atoms with Gasteiger partial charge in [-0.2, -0.15) is 0 Å². The van der Waals surface area contributed by atoms with Gasteiger partial charge in [0.2, 0.25) is 0 Å². The molecule has 78 heavy (non-hydrogen) atoms. The number of rotatable bonds is 5. The molecule has 17 rings (SSSR count). The Morgan fingerprint density at radius 3 is 1.23 bits per heavy atom. The smallest absolute Gasteiger partial charge is 0.0736 e. The van der Waals surface area contributed by atoms with Crippen molar-refractivity contribution >= 4 is 62.4 Å². The van der Waals surface area contributed by atoms with Crippen LogP contribution >= 0.6 is 23.5 Å². The van der Waals surface area contributed by atoms with E-state index < -0.39 is 10.8 Å². The molecule has 0 radical (unpaired) electrons. The number of benzene rings is 12. The summed E-state index contributed by atoms with van der Waals surface area (Å²) in [5.41, 5.74) is 23.9. The van der Waals surface area contributed by atoms with Gasteiger partial charge in [0, 0.05) is 52.9 Å². The molecule has 364 valence electrons. The summed E-state index contributed by atoms with van der Waals surface area (Å²) in [4.78, 5) is 7.80. The van der Waals surface area contributed by atoms with Crippen molar-refractivity contribution in [2.24, 2.45) is 0 Å². The summed E-state index contributed by atoms with van der Waals surface area (Å²) in [6, 6.07) is 105. The van der Waals surface area contributed by atoms with E-state index in [4.69, 9.17) is 0 Å². The standard InChI is InChI=1S/C74H46N2S2/c1-2-20-49(21-3-1)75-63-33-13-6-22-51(63)54-46-48(42-45-64(54)75)47-40-43-50(44-41-47)76(65-34-18-31-61-71(65)52-23-4-7-25-55(52)73(61)57-27-9-14-36-67(57)77-68-37-15-10-28-58(68)73)66-35-19-32-62-72(66)53-24-5-8-26-56(53)74(62)59-29-11-16-38-69(59)78-70-39-17-12-30-60(70)74/h1-46H. The van der Waals surface area contributed by atoms with Crippen LogP contribution in [0.1, 0.15) is 44.5 Å². The van der Waals surface area contributed by atoms with Crippen molar-refractivity contribution in [2.75, 3.05) is 4.90 Å². The third-order valence-electron chi connectivity index (χ3n) is 17.3. The van der Waals surface area contributed by atoms with E-state index in [1.54, 1.807) is 0 Å². The van der Waals surface area contributed by atoms with Gasteiger partial charge in [-0.1, -0.05) is 224 Å². The molecule has 0 saturated carbocycles.